The number of nitrogens with zero attached hydrogens (tertiary/aromatic N) is 3. The molecule has 0 atom stereocenters. The van der Waals surface area contributed by atoms with Crippen molar-refractivity contribution >= 4 is 16.6 Å². The van der Waals surface area contributed by atoms with Gasteiger partial charge in [0.1, 0.15) is 5.75 Å². The van der Waals surface area contributed by atoms with Gasteiger partial charge in [-0.25, -0.2) is 0 Å². The molecule has 0 radical (unpaired) electrons. The van der Waals surface area contributed by atoms with Crippen LogP contribution in [0.5, 0.6) is 5.75 Å². The molecule has 0 saturated carbocycles. The highest BCUT2D eigenvalue weighted by Crippen LogP contribution is 2.38. The lowest BCUT2D eigenvalue weighted by Gasteiger charge is -2.39. The van der Waals surface area contributed by atoms with Gasteiger partial charge in [-0.15, -0.1) is 0 Å². The number of piperidine rings is 1. The van der Waals surface area contributed by atoms with E-state index in [2.05, 4.69) is 34.2 Å². The first-order chi connectivity index (χ1) is 12.8. The lowest BCUT2D eigenvalue weighted by atomic mass is 9.74. The molecule has 130 valence electrons. The number of hydrogen-bond acceptors (Lipinski definition) is 4. The van der Waals surface area contributed by atoms with Crippen LogP contribution in [0, 0.1) is 11.3 Å². The highest BCUT2D eigenvalue weighted by Gasteiger charge is 2.36. The number of methoxy groups -OCH3 is 1. The van der Waals surface area contributed by atoms with E-state index in [9.17, 15) is 5.26 Å². The fraction of sp³-hybridized carbons (Fsp3) is 0.273. The molecule has 2 aromatic carbocycles. The molecule has 0 spiro atoms. The predicted octanol–water partition coefficient (Wildman–Crippen LogP) is 4.31. The zero-order valence-corrected chi connectivity index (χ0v) is 14.9. The standard InChI is InChI=1S/C22H21N3O/c1-26-18-7-8-20-19(15-18)21(9-12-24-20)25-13-10-22(16-23,11-14-25)17-5-3-2-4-6-17/h2-9,12,15H,10-11,13-14H2,1H3. The molecule has 0 bridgehead atoms. The van der Waals surface area contributed by atoms with Crippen molar-refractivity contribution in [2.24, 2.45) is 0 Å². The quantitative estimate of drug-likeness (QED) is 0.711. The maximum atomic E-state index is 9.90. The molecule has 0 aliphatic carbocycles. The van der Waals surface area contributed by atoms with Gasteiger partial charge >= 0.3 is 0 Å². The van der Waals surface area contributed by atoms with E-state index in [4.69, 9.17) is 4.74 Å². The first kappa shape index (κ1) is 16.4. The molecule has 1 saturated heterocycles. The molecular weight excluding hydrogens is 322 g/mol. The van der Waals surface area contributed by atoms with Crippen LogP contribution < -0.4 is 9.64 Å². The van der Waals surface area contributed by atoms with Gasteiger partial charge in [0.25, 0.3) is 0 Å². The van der Waals surface area contributed by atoms with Crippen molar-refractivity contribution in [3.05, 3.63) is 66.4 Å². The Labute approximate surface area is 153 Å². The van der Waals surface area contributed by atoms with Gasteiger partial charge in [-0.3, -0.25) is 4.98 Å². The second-order valence-corrected chi connectivity index (χ2v) is 6.76. The van der Waals surface area contributed by atoms with Crippen molar-refractivity contribution in [3.63, 3.8) is 0 Å². The fourth-order valence-electron chi connectivity index (χ4n) is 3.87. The minimum atomic E-state index is -0.391. The van der Waals surface area contributed by atoms with Gasteiger partial charge in [0.05, 0.1) is 24.1 Å². The van der Waals surface area contributed by atoms with Crippen LogP contribution in [-0.4, -0.2) is 25.2 Å². The first-order valence-corrected chi connectivity index (χ1v) is 8.90. The number of aromatic nitrogens is 1. The fourth-order valence-corrected chi connectivity index (χ4v) is 3.87. The summed E-state index contributed by atoms with van der Waals surface area (Å²) in [6.07, 6.45) is 3.50. The monoisotopic (exact) mass is 343 g/mol. The van der Waals surface area contributed by atoms with E-state index in [-0.39, 0.29) is 0 Å². The van der Waals surface area contributed by atoms with Gasteiger partial charge in [-0.1, -0.05) is 30.3 Å². The van der Waals surface area contributed by atoms with E-state index in [0.717, 1.165) is 53.8 Å². The molecule has 26 heavy (non-hydrogen) atoms. The van der Waals surface area contributed by atoms with Gasteiger partial charge in [0, 0.05) is 30.4 Å². The molecule has 4 rings (SSSR count). The number of nitriles is 1. The van der Waals surface area contributed by atoms with Gasteiger partial charge < -0.3 is 9.64 Å². The second kappa shape index (κ2) is 6.68. The molecule has 4 heteroatoms. The largest absolute Gasteiger partial charge is 0.497 e. The number of ether oxygens (including phenoxy) is 1. The summed E-state index contributed by atoms with van der Waals surface area (Å²) >= 11 is 0. The maximum absolute atomic E-state index is 9.90. The van der Waals surface area contributed by atoms with Crippen LogP contribution in [0.3, 0.4) is 0 Å². The van der Waals surface area contributed by atoms with Crippen LogP contribution in [0.25, 0.3) is 10.9 Å². The molecule has 3 aromatic rings. The molecular formula is C22H21N3O. The van der Waals surface area contributed by atoms with E-state index in [0.29, 0.717) is 0 Å². The van der Waals surface area contributed by atoms with Gasteiger partial charge in [0.2, 0.25) is 0 Å². The summed E-state index contributed by atoms with van der Waals surface area (Å²) in [7, 11) is 1.68. The Balaban J connectivity index is 1.64. The Bertz CT molecular complexity index is 954. The smallest absolute Gasteiger partial charge is 0.119 e. The second-order valence-electron chi connectivity index (χ2n) is 6.76. The summed E-state index contributed by atoms with van der Waals surface area (Å²) in [5.74, 6) is 0.833. The Morgan fingerprint density at radius 1 is 1.08 bits per heavy atom. The lowest BCUT2D eigenvalue weighted by Crippen LogP contribution is -2.42. The van der Waals surface area contributed by atoms with Gasteiger partial charge in [-0.2, -0.15) is 5.26 Å². The Hall–Kier alpha value is -3.06. The number of fused-ring (bicyclic) bond motifs is 1. The number of anilines is 1. The Morgan fingerprint density at radius 2 is 1.85 bits per heavy atom. The average Bonchev–Trinajstić information content (AvgIpc) is 2.73. The van der Waals surface area contributed by atoms with Gasteiger partial charge in [0.15, 0.2) is 0 Å². The average molecular weight is 343 g/mol. The van der Waals surface area contributed by atoms with Gasteiger partial charge in [-0.05, 0) is 42.7 Å². The minimum absolute atomic E-state index is 0.391. The molecule has 2 heterocycles. The molecule has 4 nitrogen and oxygen atoms in total. The van der Waals surface area contributed by atoms with E-state index in [1.807, 2.05) is 42.6 Å². The third-order valence-electron chi connectivity index (χ3n) is 5.42. The van der Waals surface area contributed by atoms with Crippen molar-refractivity contribution in [2.45, 2.75) is 18.3 Å². The zero-order valence-electron chi connectivity index (χ0n) is 14.9. The minimum Gasteiger partial charge on any atom is -0.497 e. The molecule has 1 aromatic heterocycles. The van der Waals surface area contributed by atoms with Crippen molar-refractivity contribution in [3.8, 4) is 11.8 Å². The summed E-state index contributed by atoms with van der Waals surface area (Å²) in [4.78, 5) is 6.83. The molecule has 1 aliphatic heterocycles. The SMILES string of the molecule is COc1ccc2nccc(N3CCC(C#N)(c4ccccc4)CC3)c2c1. The summed E-state index contributed by atoms with van der Waals surface area (Å²) < 4.78 is 5.38. The van der Waals surface area contributed by atoms with Crippen molar-refractivity contribution in [1.29, 1.82) is 5.26 Å². The van der Waals surface area contributed by atoms with Crippen molar-refractivity contribution < 1.29 is 4.74 Å². The van der Waals surface area contributed by atoms with Crippen LogP contribution in [0.15, 0.2) is 60.8 Å². The highest BCUT2D eigenvalue weighted by atomic mass is 16.5. The van der Waals surface area contributed by atoms with E-state index < -0.39 is 5.41 Å². The number of hydrogen-bond donors (Lipinski definition) is 0. The van der Waals surface area contributed by atoms with Crippen LogP contribution in [0.2, 0.25) is 0 Å². The summed E-state index contributed by atoms with van der Waals surface area (Å²) in [5.41, 5.74) is 2.86. The molecule has 0 amide bonds. The molecule has 0 unspecified atom stereocenters. The molecule has 0 N–H and O–H groups in total. The third-order valence-corrected chi connectivity index (χ3v) is 5.42. The summed E-state index contributed by atoms with van der Waals surface area (Å²) in [6.45, 7) is 1.69. The van der Waals surface area contributed by atoms with Crippen LogP contribution in [0.1, 0.15) is 18.4 Å². The van der Waals surface area contributed by atoms with Crippen LogP contribution in [-0.2, 0) is 5.41 Å². The number of pyridine rings is 1. The Morgan fingerprint density at radius 3 is 2.54 bits per heavy atom. The normalized spacial score (nSPS) is 16.2. The summed E-state index contributed by atoms with van der Waals surface area (Å²) in [6, 6.07) is 20.8. The van der Waals surface area contributed by atoms with E-state index in [1.54, 1.807) is 7.11 Å². The van der Waals surface area contributed by atoms with E-state index in [1.165, 1.54) is 0 Å². The molecule has 1 aliphatic rings. The van der Waals surface area contributed by atoms with Crippen LogP contribution >= 0.6 is 0 Å². The predicted molar refractivity (Wildman–Crippen MR) is 103 cm³/mol. The topological polar surface area (TPSA) is 49.1 Å². The zero-order chi connectivity index (χ0) is 18.0. The van der Waals surface area contributed by atoms with Crippen molar-refractivity contribution in [1.82, 2.24) is 4.98 Å². The van der Waals surface area contributed by atoms with Crippen LogP contribution in [0.4, 0.5) is 5.69 Å². The first-order valence-electron chi connectivity index (χ1n) is 8.90. The van der Waals surface area contributed by atoms with Crippen molar-refractivity contribution in [2.75, 3.05) is 25.1 Å². The number of benzene rings is 2. The lowest BCUT2D eigenvalue weighted by molar-refractivity contribution is 0.414. The summed E-state index contributed by atoms with van der Waals surface area (Å²) in [5, 5.41) is 11.0. The highest BCUT2D eigenvalue weighted by molar-refractivity contribution is 5.92. The Kier molecular flexibility index (Phi) is 4.22. The number of rotatable bonds is 3. The van der Waals surface area contributed by atoms with E-state index >= 15 is 0 Å². The third kappa shape index (κ3) is 2.76. The molecule has 1 fully saturated rings. The maximum Gasteiger partial charge on any atom is 0.119 e.